The van der Waals surface area contributed by atoms with E-state index >= 15 is 0 Å². The zero-order valence-electron chi connectivity index (χ0n) is 26.1. The lowest BCUT2D eigenvalue weighted by Crippen LogP contribution is -2.61. The summed E-state index contributed by atoms with van der Waals surface area (Å²) < 4.78 is 34.0. The van der Waals surface area contributed by atoms with Crippen molar-refractivity contribution in [2.45, 2.75) is 77.5 Å². The fourth-order valence-corrected chi connectivity index (χ4v) is 6.00. The summed E-state index contributed by atoms with van der Waals surface area (Å²) in [4.78, 5) is 26.8. The van der Waals surface area contributed by atoms with Gasteiger partial charge in [-0.05, 0) is 61.6 Å². The highest BCUT2D eigenvalue weighted by atomic mass is 32.2. The Kier molecular flexibility index (Phi) is 13.0. The Hall–Kier alpha value is -2.99. The Labute approximate surface area is 251 Å². The lowest BCUT2D eigenvalue weighted by molar-refractivity contribution is -0.150. The summed E-state index contributed by atoms with van der Waals surface area (Å²) in [5.41, 5.74) is 3.14. The van der Waals surface area contributed by atoms with E-state index in [1.807, 2.05) is 65.0 Å². The molecule has 11 heteroatoms. The van der Waals surface area contributed by atoms with E-state index in [2.05, 4.69) is 10.7 Å². The van der Waals surface area contributed by atoms with Crippen LogP contribution in [0.15, 0.2) is 59.5 Å². The van der Waals surface area contributed by atoms with E-state index in [1.165, 1.54) is 28.6 Å². The SMILES string of the molecule is CN[C@H](C)C(=O)NN(C(=O)CC(C)(C)C)C(Cc1ccccc1)[C@H](O)CN(CC(C)C)S(=O)(=O)c1ccc(OC)cc1. The van der Waals surface area contributed by atoms with E-state index in [-0.39, 0.29) is 42.7 Å². The summed E-state index contributed by atoms with van der Waals surface area (Å²) in [6, 6.07) is 13.8. The molecule has 0 aliphatic carbocycles. The number of likely N-dealkylation sites (N-methyl/N-ethyl adjacent to an activating group) is 1. The van der Waals surface area contributed by atoms with Gasteiger partial charge in [-0.25, -0.2) is 13.4 Å². The van der Waals surface area contributed by atoms with Crippen LogP contribution < -0.4 is 15.5 Å². The Morgan fingerprint density at radius 2 is 1.57 bits per heavy atom. The van der Waals surface area contributed by atoms with Crippen LogP contribution in [-0.2, 0) is 26.0 Å². The maximum absolute atomic E-state index is 13.8. The number of ether oxygens (including phenoxy) is 1. The molecule has 0 spiro atoms. The third-order valence-electron chi connectivity index (χ3n) is 6.73. The lowest BCUT2D eigenvalue weighted by atomic mass is 9.91. The number of carbonyl (C=O) groups is 2. The van der Waals surface area contributed by atoms with Crippen molar-refractivity contribution >= 4 is 21.8 Å². The van der Waals surface area contributed by atoms with Crippen molar-refractivity contribution in [1.82, 2.24) is 20.1 Å². The molecule has 42 heavy (non-hydrogen) atoms. The number of nitrogens with one attached hydrogen (secondary N) is 2. The second-order valence-corrected chi connectivity index (χ2v) is 14.1. The number of sulfonamides is 1. The number of methoxy groups -OCH3 is 1. The van der Waals surface area contributed by atoms with Gasteiger partial charge < -0.3 is 15.2 Å². The van der Waals surface area contributed by atoms with Crippen LogP contribution in [-0.4, -0.2) is 80.1 Å². The normalized spacial score (nSPS) is 14.4. The smallest absolute Gasteiger partial charge is 0.255 e. The number of hydrogen-bond donors (Lipinski definition) is 3. The van der Waals surface area contributed by atoms with Crippen LogP contribution in [0.3, 0.4) is 0 Å². The van der Waals surface area contributed by atoms with E-state index in [4.69, 9.17) is 4.74 Å². The van der Waals surface area contributed by atoms with Crippen LogP contribution in [0.5, 0.6) is 5.75 Å². The minimum atomic E-state index is -4.02. The van der Waals surface area contributed by atoms with Crippen molar-refractivity contribution in [3.05, 3.63) is 60.2 Å². The summed E-state index contributed by atoms with van der Waals surface area (Å²) in [6.45, 7) is 11.0. The third-order valence-corrected chi connectivity index (χ3v) is 8.57. The molecule has 0 saturated heterocycles. The number of benzene rings is 2. The average molecular weight is 605 g/mol. The summed E-state index contributed by atoms with van der Waals surface area (Å²) in [6.07, 6.45) is -1.06. The summed E-state index contributed by atoms with van der Waals surface area (Å²) in [5, 5.41) is 15.9. The molecule has 0 aromatic heterocycles. The fourth-order valence-electron chi connectivity index (χ4n) is 4.38. The average Bonchev–Trinajstić information content (AvgIpc) is 2.93. The molecule has 0 saturated carbocycles. The number of carbonyl (C=O) groups excluding carboxylic acids is 2. The molecule has 3 N–H and O–H groups in total. The standard InChI is InChI=1S/C31H48N4O6S/c1-22(2)20-34(42(39,40)26-16-14-25(41-8)15-17-26)21-28(36)27(18-24-12-10-9-11-13-24)35(29(37)19-31(4,5)6)33-30(38)23(3)32-7/h9-17,22-23,27-28,32,36H,18-21H2,1-8H3,(H,33,38)/t23-,27?,28-/m1/s1. The van der Waals surface area contributed by atoms with E-state index in [0.717, 1.165) is 5.56 Å². The first-order valence-electron chi connectivity index (χ1n) is 14.2. The molecular formula is C31H48N4O6S. The first-order valence-corrected chi connectivity index (χ1v) is 15.7. The maximum atomic E-state index is 13.8. The maximum Gasteiger partial charge on any atom is 0.255 e. The number of rotatable bonds is 14. The van der Waals surface area contributed by atoms with Crippen molar-refractivity contribution < 1.29 is 27.9 Å². The molecule has 2 aromatic carbocycles. The number of aliphatic hydroxyl groups is 1. The molecule has 2 aromatic rings. The van der Waals surface area contributed by atoms with Crippen LogP contribution in [0, 0.1) is 11.3 Å². The highest BCUT2D eigenvalue weighted by Gasteiger charge is 2.37. The van der Waals surface area contributed by atoms with Gasteiger partial charge in [0.1, 0.15) is 5.75 Å². The Morgan fingerprint density at radius 1 is 0.976 bits per heavy atom. The quantitative estimate of drug-likeness (QED) is 0.283. The molecule has 234 valence electrons. The van der Waals surface area contributed by atoms with Crippen LogP contribution >= 0.6 is 0 Å². The molecule has 1 unspecified atom stereocenters. The molecule has 10 nitrogen and oxygen atoms in total. The monoisotopic (exact) mass is 604 g/mol. The number of hydrogen-bond acceptors (Lipinski definition) is 7. The van der Waals surface area contributed by atoms with Gasteiger partial charge in [0, 0.05) is 19.5 Å². The second kappa shape index (κ2) is 15.5. The fraction of sp³-hybridized carbons (Fsp3) is 0.548. The first kappa shape index (κ1) is 35.2. The van der Waals surface area contributed by atoms with Crippen LogP contribution in [0.1, 0.15) is 53.5 Å². The van der Waals surface area contributed by atoms with E-state index in [9.17, 15) is 23.1 Å². The van der Waals surface area contributed by atoms with Crippen LogP contribution in [0.25, 0.3) is 0 Å². The molecule has 0 aliphatic heterocycles. The van der Waals surface area contributed by atoms with Crippen LogP contribution in [0.2, 0.25) is 0 Å². The van der Waals surface area contributed by atoms with Crippen molar-refractivity contribution in [2.24, 2.45) is 11.3 Å². The van der Waals surface area contributed by atoms with E-state index in [1.54, 1.807) is 26.1 Å². The van der Waals surface area contributed by atoms with E-state index < -0.39 is 39.5 Å². The zero-order chi connectivity index (χ0) is 31.7. The number of amides is 2. The van der Waals surface area contributed by atoms with Gasteiger partial charge in [-0.2, -0.15) is 4.31 Å². The Balaban J connectivity index is 2.56. The van der Waals surface area contributed by atoms with Gasteiger partial charge in [0.25, 0.3) is 5.91 Å². The summed E-state index contributed by atoms with van der Waals surface area (Å²) in [5.74, 6) is -0.359. The van der Waals surface area contributed by atoms with Crippen molar-refractivity contribution in [1.29, 1.82) is 0 Å². The molecule has 3 atom stereocenters. The number of hydrazine groups is 1. The predicted octanol–water partition coefficient (Wildman–Crippen LogP) is 3.22. The molecule has 0 radical (unpaired) electrons. The zero-order valence-corrected chi connectivity index (χ0v) is 26.9. The molecule has 0 bridgehead atoms. The molecule has 0 fully saturated rings. The first-order chi connectivity index (χ1) is 19.6. The van der Waals surface area contributed by atoms with Crippen LogP contribution in [0.4, 0.5) is 0 Å². The highest BCUT2D eigenvalue weighted by molar-refractivity contribution is 7.89. The largest absolute Gasteiger partial charge is 0.497 e. The molecular weight excluding hydrogens is 556 g/mol. The Bertz CT molecular complexity index is 1250. The van der Waals surface area contributed by atoms with E-state index in [0.29, 0.717) is 5.75 Å². The highest BCUT2D eigenvalue weighted by Crippen LogP contribution is 2.25. The summed E-state index contributed by atoms with van der Waals surface area (Å²) in [7, 11) is -0.886. The number of nitrogens with zero attached hydrogens (tertiary/aromatic N) is 2. The van der Waals surface area contributed by atoms with Gasteiger partial charge >= 0.3 is 0 Å². The minimum absolute atomic E-state index is 0.0485. The number of aliphatic hydroxyl groups excluding tert-OH is 1. The molecule has 2 amide bonds. The van der Waals surface area contributed by atoms with Crippen molar-refractivity contribution in [3.63, 3.8) is 0 Å². The minimum Gasteiger partial charge on any atom is -0.497 e. The lowest BCUT2D eigenvalue weighted by Gasteiger charge is -2.38. The van der Waals surface area contributed by atoms with Gasteiger partial charge in [-0.3, -0.25) is 15.0 Å². The predicted molar refractivity (Wildman–Crippen MR) is 164 cm³/mol. The van der Waals surface area contributed by atoms with Crippen molar-refractivity contribution in [2.75, 3.05) is 27.2 Å². The molecule has 2 rings (SSSR count). The van der Waals surface area contributed by atoms with Gasteiger partial charge in [0.05, 0.1) is 30.2 Å². The Morgan fingerprint density at radius 3 is 2.07 bits per heavy atom. The second-order valence-electron chi connectivity index (χ2n) is 12.2. The molecule has 0 aliphatic rings. The van der Waals surface area contributed by atoms with Crippen molar-refractivity contribution in [3.8, 4) is 5.75 Å². The summed E-state index contributed by atoms with van der Waals surface area (Å²) >= 11 is 0. The van der Waals surface area contributed by atoms with Gasteiger partial charge in [-0.1, -0.05) is 65.0 Å². The van der Waals surface area contributed by atoms with Gasteiger partial charge in [0.15, 0.2) is 0 Å². The molecule has 0 heterocycles. The van der Waals surface area contributed by atoms with Gasteiger partial charge in [-0.15, -0.1) is 0 Å². The van der Waals surface area contributed by atoms with Gasteiger partial charge in [0.2, 0.25) is 15.9 Å². The third kappa shape index (κ3) is 10.4. The topological polar surface area (TPSA) is 128 Å².